The number of hydrogen-bond acceptors (Lipinski definition) is 4. The highest BCUT2D eigenvalue weighted by Crippen LogP contribution is 2.35. The molecule has 146 valence electrons. The quantitative estimate of drug-likeness (QED) is 0.620. The van der Waals surface area contributed by atoms with Crippen LogP contribution in [0.15, 0.2) is 64.5 Å². The van der Waals surface area contributed by atoms with Gasteiger partial charge >= 0.3 is 0 Å². The predicted octanol–water partition coefficient (Wildman–Crippen LogP) is 5.35. The van der Waals surface area contributed by atoms with E-state index in [1.807, 2.05) is 88.4 Å². The van der Waals surface area contributed by atoms with Crippen molar-refractivity contribution in [2.24, 2.45) is 4.99 Å². The minimum absolute atomic E-state index is 0.00253. The lowest BCUT2D eigenvalue weighted by Gasteiger charge is -2.20. The zero-order valence-electron chi connectivity index (χ0n) is 16.8. The molecule has 4 nitrogen and oxygen atoms in total. The molecule has 0 aromatic heterocycles. The summed E-state index contributed by atoms with van der Waals surface area (Å²) in [4.78, 5) is 20.0. The van der Waals surface area contributed by atoms with Gasteiger partial charge in [-0.15, -0.1) is 0 Å². The summed E-state index contributed by atoms with van der Waals surface area (Å²) in [5, 5.41) is 0.768. The van der Waals surface area contributed by atoms with E-state index in [0.717, 1.165) is 22.0 Å². The van der Waals surface area contributed by atoms with E-state index in [1.54, 1.807) is 4.90 Å². The van der Waals surface area contributed by atoms with Gasteiger partial charge in [0.05, 0.1) is 4.91 Å². The maximum Gasteiger partial charge on any atom is 0.266 e. The summed E-state index contributed by atoms with van der Waals surface area (Å²) in [6.45, 7) is 8.54. The van der Waals surface area contributed by atoms with Crippen molar-refractivity contribution >= 4 is 28.9 Å². The van der Waals surface area contributed by atoms with Crippen LogP contribution in [0.1, 0.15) is 38.8 Å². The van der Waals surface area contributed by atoms with Gasteiger partial charge in [-0.05, 0) is 57.2 Å². The van der Waals surface area contributed by atoms with E-state index in [0.29, 0.717) is 11.5 Å². The van der Waals surface area contributed by atoms with Crippen molar-refractivity contribution in [2.45, 2.75) is 46.4 Å². The number of nitrogens with zero attached hydrogens (tertiary/aromatic N) is 2. The second-order valence-corrected chi connectivity index (χ2v) is 8.21. The number of benzene rings is 2. The summed E-state index contributed by atoms with van der Waals surface area (Å²) in [5.41, 5.74) is 2.00. The first-order valence-corrected chi connectivity index (χ1v) is 10.3. The van der Waals surface area contributed by atoms with Gasteiger partial charge in [-0.1, -0.05) is 48.5 Å². The number of thioether (sulfide) groups is 1. The van der Waals surface area contributed by atoms with E-state index in [2.05, 4.69) is 4.99 Å². The summed E-state index contributed by atoms with van der Waals surface area (Å²) < 4.78 is 6.03. The van der Waals surface area contributed by atoms with E-state index >= 15 is 0 Å². The standard InChI is InChI=1S/C23H26N2O2S/c1-16(2)24-23-25(17(3)4)22(26)21(28-23)14-19-12-8-9-13-20(19)27-15-18-10-6-5-7-11-18/h5-14,16-17H,15H2,1-4H3/b21-14+,24-23?. The van der Waals surface area contributed by atoms with Crippen LogP contribution in [0.5, 0.6) is 5.75 Å². The number of ether oxygens (including phenoxy) is 1. The van der Waals surface area contributed by atoms with Crippen molar-refractivity contribution in [3.63, 3.8) is 0 Å². The fourth-order valence-corrected chi connectivity index (χ4v) is 4.08. The fourth-order valence-electron chi connectivity index (χ4n) is 2.86. The molecule has 0 aliphatic carbocycles. The Morgan fingerprint density at radius 1 is 1.04 bits per heavy atom. The van der Waals surface area contributed by atoms with Crippen molar-refractivity contribution in [1.29, 1.82) is 0 Å². The third-order valence-corrected chi connectivity index (χ3v) is 5.16. The molecular formula is C23H26N2O2S. The highest BCUT2D eigenvalue weighted by Gasteiger charge is 2.35. The Morgan fingerprint density at radius 3 is 2.39 bits per heavy atom. The van der Waals surface area contributed by atoms with E-state index in [-0.39, 0.29) is 18.0 Å². The van der Waals surface area contributed by atoms with Crippen LogP contribution in [-0.4, -0.2) is 28.1 Å². The average molecular weight is 395 g/mol. The summed E-state index contributed by atoms with van der Waals surface area (Å²) in [6, 6.07) is 18.0. The number of amides is 1. The molecule has 1 aliphatic rings. The SMILES string of the molecule is CC(C)N=C1S/C(=C/c2ccccc2OCc2ccccc2)C(=O)N1C(C)C. The monoisotopic (exact) mass is 394 g/mol. The molecule has 0 saturated carbocycles. The molecule has 2 aromatic rings. The Morgan fingerprint density at radius 2 is 1.71 bits per heavy atom. The number of aliphatic imine (C=N–C) groups is 1. The minimum atomic E-state index is -0.00253. The van der Waals surface area contributed by atoms with E-state index < -0.39 is 0 Å². The topological polar surface area (TPSA) is 41.9 Å². The van der Waals surface area contributed by atoms with Crippen molar-refractivity contribution in [3.05, 3.63) is 70.6 Å². The van der Waals surface area contributed by atoms with Crippen molar-refractivity contribution in [1.82, 2.24) is 4.90 Å². The molecule has 28 heavy (non-hydrogen) atoms. The maximum atomic E-state index is 12.9. The largest absolute Gasteiger partial charge is 0.488 e. The molecule has 1 saturated heterocycles. The molecule has 0 N–H and O–H groups in total. The Kier molecular flexibility index (Phi) is 6.57. The molecule has 1 aliphatic heterocycles. The Balaban J connectivity index is 1.86. The lowest BCUT2D eigenvalue weighted by Crippen LogP contribution is -2.35. The van der Waals surface area contributed by atoms with Gasteiger partial charge < -0.3 is 4.74 Å². The van der Waals surface area contributed by atoms with Crippen LogP contribution in [0.3, 0.4) is 0 Å². The van der Waals surface area contributed by atoms with Gasteiger partial charge in [0.15, 0.2) is 5.17 Å². The number of rotatable bonds is 6. The van der Waals surface area contributed by atoms with Crippen LogP contribution in [0, 0.1) is 0 Å². The third kappa shape index (κ3) is 4.84. The summed E-state index contributed by atoms with van der Waals surface area (Å²) in [5.74, 6) is 0.759. The van der Waals surface area contributed by atoms with Crippen LogP contribution in [0.25, 0.3) is 6.08 Å². The smallest absolute Gasteiger partial charge is 0.266 e. The van der Waals surface area contributed by atoms with Crippen LogP contribution in [0.2, 0.25) is 0 Å². The molecular weight excluding hydrogens is 368 g/mol. The van der Waals surface area contributed by atoms with Gasteiger partial charge in [0.1, 0.15) is 12.4 Å². The van der Waals surface area contributed by atoms with Crippen molar-refractivity contribution in [3.8, 4) is 5.75 Å². The minimum Gasteiger partial charge on any atom is -0.488 e. The normalized spacial score (nSPS) is 17.4. The number of carbonyl (C=O) groups is 1. The number of hydrogen-bond donors (Lipinski definition) is 0. The fraction of sp³-hybridized carbons (Fsp3) is 0.304. The van der Waals surface area contributed by atoms with Crippen molar-refractivity contribution in [2.75, 3.05) is 0 Å². The summed E-state index contributed by atoms with van der Waals surface area (Å²) >= 11 is 1.43. The predicted molar refractivity (Wildman–Crippen MR) is 117 cm³/mol. The van der Waals surface area contributed by atoms with Crippen LogP contribution in [0.4, 0.5) is 0 Å². The molecule has 1 amide bonds. The average Bonchev–Trinajstić information content (AvgIpc) is 2.96. The van der Waals surface area contributed by atoms with Gasteiger partial charge in [-0.25, -0.2) is 0 Å². The summed E-state index contributed by atoms with van der Waals surface area (Å²) in [7, 11) is 0. The van der Waals surface area contributed by atoms with Crippen LogP contribution < -0.4 is 4.74 Å². The van der Waals surface area contributed by atoms with Gasteiger partial charge in [-0.3, -0.25) is 14.7 Å². The molecule has 1 heterocycles. The number of amidine groups is 1. The Hall–Kier alpha value is -2.53. The highest BCUT2D eigenvalue weighted by atomic mass is 32.2. The second-order valence-electron chi connectivity index (χ2n) is 7.20. The molecule has 0 unspecified atom stereocenters. The highest BCUT2D eigenvalue weighted by molar-refractivity contribution is 8.18. The molecule has 0 bridgehead atoms. The first kappa shape index (κ1) is 20.2. The maximum absolute atomic E-state index is 12.9. The molecule has 2 aromatic carbocycles. The van der Waals surface area contributed by atoms with Gasteiger partial charge in [-0.2, -0.15) is 0 Å². The van der Waals surface area contributed by atoms with Crippen molar-refractivity contribution < 1.29 is 9.53 Å². The first-order chi connectivity index (χ1) is 13.5. The summed E-state index contributed by atoms with van der Waals surface area (Å²) in [6.07, 6.45) is 1.91. The molecule has 5 heteroatoms. The lowest BCUT2D eigenvalue weighted by molar-refractivity contribution is -0.123. The van der Waals surface area contributed by atoms with E-state index in [4.69, 9.17) is 4.74 Å². The van der Waals surface area contributed by atoms with Crippen LogP contribution >= 0.6 is 11.8 Å². The molecule has 1 fully saturated rings. The molecule has 0 spiro atoms. The zero-order chi connectivity index (χ0) is 20.1. The Labute approximate surface area is 171 Å². The second kappa shape index (κ2) is 9.11. The number of carbonyl (C=O) groups excluding carboxylic acids is 1. The van der Waals surface area contributed by atoms with E-state index in [9.17, 15) is 4.79 Å². The van der Waals surface area contributed by atoms with Gasteiger partial charge in [0.2, 0.25) is 0 Å². The van der Waals surface area contributed by atoms with Gasteiger partial charge in [0.25, 0.3) is 5.91 Å². The van der Waals surface area contributed by atoms with Gasteiger partial charge in [0, 0.05) is 17.6 Å². The molecule has 0 radical (unpaired) electrons. The molecule has 0 atom stereocenters. The number of para-hydroxylation sites is 1. The van der Waals surface area contributed by atoms with E-state index in [1.165, 1.54) is 11.8 Å². The van der Waals surface area contributed by atoms with Crippen LogP contribution in [-0.2, 0) is 11.4 Å². The lowest BCUT2D eigenvalue weighted by atomic mass is 10.1. The zero-order valence-corrected chi connectivity index (χ0v) is 17.6. The third-order valence-electron chi connectivity index (χ3n) is 4.16. The first-order valence-electron chi connectivity index (χ1n) is 9.52. The molecule has 3 rings (SSSR count). The Bertz CT molecular complexity index is 888.